The minimum absolute atomic E-state index is 0.0501. The zero-order valence-electron chi connectivity index (χ0n) is 15.3. The molecule has 0 spiro atoms. The van der Waals surface area contributed by atoms with Gasteiger partial charge in [-0.05, 0) is 41.5 Å². The summed E-state index contributed by atoms with van der Waals surface area (Å²) in [5.41, 5.74) is 2.83. The van der Waals surface area contributed by atoms with Crippen LogP contribution in [0.15, 0.2) is 53.0 Å². The number of carbonyl (C=O) groups excluding carboxylic acids is 2. The van der Waals surface area contributed by atoms with E-state index >= 15 is 0 Å². The van der Waals surface area contributed by atoms with Crippen molar-refractivity contribution < 1.29 is 14.0 Å². The topological polar surface area (TPSA) is 76.3 Å². The quantitative estimate of drug-likeness (QED) is 0.559. The Labute approximate surface area is 159 Å². The van der Waals surface area contributed by atoms with E-state index < -0.39 is 11.9 Å². The SMILES string of the molecule is Cn1c(=O)n(C)c2cc(C=C3NC(=O)N(Cc4ccc(F)cc4)C3=O)ccc21. The molecule has 0 aliphatic carbocycles. The molecule has 0 bridgehead atoms. The third kappa shape index (κ3) is 2.88. The summed E-state index contributed by atoms with van der Waals surface area (Å²) in [5, 5.41) is 2.56. The van der Waals surface area contributed by atoms with E-state index in [1.807, 2.05) is 0 Å². The number of imide groups is 1. The van der Waals surface area contributed by atoms with Crippen LogP contribution in [0, 0.1) is 5.82 Å². The third-order valence-corrected chi connectivity index (χ3v) is 4.82. The van der Waals surface area contributed by atoms with Crippen LogP contribution in [0.4, 0.5) is 9.18 Å². The third-order valence-electron chi connectivity index (χ3n) is 4.82. The van der Waals surface area contributed by atoms with E-state index in [2.05, 4.69) is 5.32 Å². The van der Waals surface area contributed by atoms with Crippen molar-refractivity contribution in [2.75, 3.05) is 0 Å². The molecule has 28 heavy (non-hydrogen) atoms. The van der Waals surface area contributed by atoms with Gasteiger partial charge in [0.15, 0.2) is 0 Å². The number of hydrogen-bond acceptors (Lipinski definition) is 3. The Kier molecular flexibility index (Phi) is 4.11. The number of nitrogens with zero attached hydrogens (tertiary/aromatic N) is 3. The van der Waals surface area contributed by atoms with Crippen molar-refractivity contribution in [3.63, 3.8) is 0 Å². The average molecular weight is 380 g/mol. The van der Waals surface area contributed by atoms with Crippen LogP contribution < -0.4 is 11.0 Å². The van der Waals surface area contributed by atoms with Gasteiger partial charge in [-0.25, -0.2) is 14.0 Å². The second-order valence-corrected chi connectivity index (χ2v) is 6.65. The van der Waals surface area contributed by atoms with Gasteiger partial charge in [0.1, 0.15) is 11.5 Å². The normalized spacial score (nSPS) is 15.7. The molecule has 0 radical (unpaired) electrons. The van der Waals surface area contributed by atoms with Gasteiger partial charge in [-0.1, -0.05) is 18.2 Å². The van der Waals surface area contributed by atoms with Gasteiger partial charge in [0.25, 0.3) is 5.91 Å². The summed E-state index contributed by atoms with van der Waals surface area (Å²) in [4.78, 5) is 37.9. The standard InChI is InChI=1S/C20H17FN4O3/c1-23-16-8-5-13(10-17(16)24(2)20(23)28)9-15-18(26)25(19(27)22-15)11-12-3-6-14(21)7-4-12/h3-10H,11H2,1-2H3,(H,22,27). The lowest BCUT2D eigenvalue weighted by Crippen LogP contribution is -2.30. The van der Waals surface area contributed by atoms with E-state index in [1.54, 1.807) is 42.9 Å². The largest absolute Gasteiger partial charge is 0.329 e. The number of halogens is 1. The lowest BCUT2D eigenvalue weighted by molar-refractivity contribution is -0.123. The minimum Gasteiger partial charge on any atom is -0.303 e. The number of aromatic nitrogens is 2. The summed E-state index contributed by atoms with van der Waals surface area (Å²) in [6.45, 7) is 0.0501. The number of urea groups is 1. The van der Waals surface area contributed by atoms with E-state index in [0.29, 0.717) is 11.1 Å². The smallest absolute Gasteiger partial charge is 0.303 e. The molecule has 1 aromatic heterocycles. The molecular weight excluding hydrogens is 363 g/mol. The number of rotatable bonds is 3. The molecular formula is C20H17FN4O3. The predicted molar refractivity (Wildman–Crippen MR) is 102 cm³/mol. The summed E-state index contributed by atoms with van der Waals surface area (Å²) in [7, 11) is 3.37. The number of aryl methyl sites for hydroxylation is 2. The van der Waals surface area contributed by atoms with Gasteiger partial charge in [0, 0.05) is 14.1 Å². The molecule has 2 aromatic carbocycles. The lowest BCUT2D eigenvalue weighted by atomic mass is 10.1. The molecule has 1 fully saturated rings. The molecule has 0 unspecified atom stereocenters. The molecule has 1 N–H and O–H groups in total. The summed E-state index contributed by atoms with van der Waals surface area (Å²) >= 11 is 0. The Morgan fingerprint density at radius 2 is 1.64 bits per heavy atom. The molecule has 2 heterocycles. The van der Waals surface area contributed by atoms with Crippen LogP contribution in [-0.2, 0) is 25.4 Å². The van der Waals surface area contributed by atoms with Crippen LogP contribution >= 0.6 is 0 Å². The Balaban J connectivity index is 1.63. The van der Waals surface area contributed by atoms with Crippen LogP contribution in [0.1, 0.15) is 11.1 Å². The maximum Gasteiger partial charge on any atom is 0.329 e. The van der Waals surface area contributed by atoms with Crippen LogP contribution in [-0.4, -0.2) is 26.0 Å². The number of hydrogen-bond donors (Lipinski definition) is 1. The van der Waals surface area contributed by atoms with Gasteiger partial charge >= 0.3 is 11.7 Å². The summed E-state index contributed by atoms with van der Waals surface area (Å²) in [6.07, 6.45) is 1.57. The fourth-order valence-corrected chi connectivity index (χ4v) is 3.27. The molecule has 1 saturated heterocycles. The first-order valence-electron chi connectivity index (χ1n) is 8.59. The molecule has 7 nitrogen and oxygen atoms in total. The maximum atomic E-state index is 13.0. The van der Waals surface area contributed by atoms with Gasteiger partial charge in [0.2, 0.25) is 0 Å². The highest BCUT2D eigenvalue weighted by Gasteiger charge is 2.33. The van der Waals surface area contributed by atoms with Crippen molar-refractivity contribution >= 4 is 29.0 Å². The van der Waals surface area contributed by atoms with Gasteiger partial charge in [0.05, 0.1) is 17.6 Å². The molecule has 1 aliphatic rings. The molecule has 142 valence electrons. The first-order chi connectivity index (χ1) is 13.3. The van der Waals surface area contributed by atoms with Crippen LogP contribution in [0.25, 0.3) is 17.1 Å². The molecule has 3 aromatic rings. The first kappa shape index (κ1) is 17.7. The Morgan fingerprint density at radius 3 is 2.36 bits per heavy atom. The summed E-state index contributed by atoms with van der Waals surface area (Å²) in [5.74, 6) is -0.844. The molecule has 0 atom stereocenters. The Morgan fingerprint density at radius 1 is 0.964 bits per heavy atom. The van der Waals surface area contributed by atoms with Gasteiger partial charge < -0.3 is 5.32 Å². The lowest BCUT2D eigenvalue weighted by Gasteiger charge is -2.11. The van der Waals surface area contributed by atoms with E-state index in [1.165, 1.54) is 28.8 Å². The monoisotopic (exact) mass is 380 g/mol. The Bertz CT molecular complexity index is 1200. The van der Waals surface area contributed by atoms with Crippen LogP contribution in [0.2, 0.25) is 0 Å². The number of nitrogens with one attached hydrogen (secondary N) is 1. The minimum atomic E-state index is -0.534. The second-order valence-electron chi connectivity index (χ2n) is 6.65. The maximum absolute atomic E-state index is 13.0. The highest BCUT2D eigenvalue weighted by atomic mass is 19.1. The number of carbonyl (C=O) groups is 2. The zero-order chi connectivity index (χ0) is 20.0. The highest BCUT2D eigenvalue weighted by Crippen LogP contribution is 2.20. The van der Waals surface area contributed by atoms with Crippen molar-refractivity contribution in [3.8, 4) is 0 Å². The van der Waals surface area contributed by atoms with Gasteiger partial charge in [-0.15, -0.1) is 0 Å². The molecule has 1 aliphatic heterocycles. The van der Waals surface area contributed by atoms with Crippen molar-refractivity contribution in [3.05, 3.63) is 75.6 Å². The van der Waals surface area contributed by atoms with Crippen molar-refractivity contribution in [1.29, 1.82) is 0 Å². The van der Waals surface area contributed by atoms with E-state index in [-0.39, 0.29) is 23.7 Å². The second kappa shape index (κ2) is 6.49. The van der Waals surface area contributed by atoms with Crippen LogP contribution in [0.5, 0.6) is 0 Å². The first-order valence-corrected chi connectivity index (χ1v) is 8.59. The fraction of sp³-hybridized carbons (Fsp3) is 0.150. The van der Waals surface area contributed by atoms with E-state index in [0.717, 1.165) is 15.9 Å². The van der Waals surface area contributed by atoms with Crippen molar-refractivity contribution in [2.24, 2.45) is 14.1 Å². The number of imidazole rings is 1. The molecule has 4 rings (SSSR count). The number of benzene rings is 2. The van der Waals surface area contributed by atoms with E-state index in [9.17, 15) is 18.8 Å². The van der Waals surface area contributed by atoms with Crippen LogP contribution in [0.3, 0.4) is 0 Å². The average Bonchev–Trinajstić information content (AvgIpc) is 3.06. The Hall–Kier alpha value is -3.68. The molecule has 8 heteroatoms. The molecule has 0 saturated carbocycles. The van der Waals surface area contributed by atoms with E-state index in [4.69, 9.17) is 0 Å². The summed E-state index contributed by atoms with van der Waals surface area (Å²) < 4.78 is 16.1. The van der Waals surface area contributed by atoms with Crippen molar-refractivity contribution in [1.82, 2.24) is 19.4 Å². The van der Waals surface area contributed by atoms with Gasteiger partial charge in [-0.3, -0.25) is 18.8 Å². The van der Waals surface area contributed by atoms with Gasteiger partial charge in [-0.2, -0.15) is 0 Å². The number of fused-ring (bicyclic) bond motifs is 1. The number of amides is 3. The zero-order valence-corrected chi connectivity index (χ0v) is 15.3. The fourth-order valence-electron chi connectivity index (χ4n) is 3.27. The molecule has 3 amide bonds. The predicted octanol–water partition coefficient (Wildman–Crippen LogP) is 2.11. The van der Waals surface area contributed by atoms with Crippen molar-refractivity contribution in [2.45, 2.75) is 6.54 Å². The highest BCUT2D eigenvalue weighted by molar-refractivity contribution is 6.14. The summed E-state index contributed by atoms with van der Waals surface area (Å²) in [6, 6.07) is 10.4.